The van der Waals surface area contributed by atoms with Crippen LogP contribution in [0.4, 0.5) is 5.69 Å². The molecule has 0 fully saturated rings. The highest BCUT2D eigenvalue weighted by atomic mass is 32.1. The average molecular weight is 538 g/mol. The molecule has 0 saturated heterocycles. The Kier molecular flexibility index (Phi) is 6.38. The number of benzene rings is 3. The number of nitrogens with zero attached hydrogens (tertiary/aromatic N) is 1. The maximum Gasteiger partial charge on any atom is 0.294 e. The number of fused-ring (bicyclic) bond motifs is 1. The lowest BCUT2D eigenvalue weighted by molar-refractivity contribution is -0.117. The van der Waals surface area contributed by atoms with Crippen LogP contribution in [-0.2, 0) is 11.4 Å². The molecule has 1 atom stereocenters. The minimum absolute atomic E-state index is 0.0110. The molecule has 1 aliphatic heterocycles. The van der Waals surface area contributed by atoms with E-state index < -0.39 is 23.5 Å². The molecule has 39 heavy (non-hydrogen) atoms. The molecule has 0 spiro atoms. The summed E-state index contributed by atoms with van der Waals surface area (Å²) >= 11 is 1.39. The first-order valence-corrected chi connectivity index (χ1v) is 13.1. The minimum Gasteiger partial charge on any atom is -0.503 e. The van der Waals surface area contributed by atoms with Crippen molar-refractivity contribution >= 4 is 39.7 Å². The monoisotopic (exact) mass is 537 g/mol. The number of thiophene rings is 1. The van der Waals surface area contributed by atoms with Crippen molar-refractivity contribution in [2.24, 2.45) is 0 Å². The van der Waals surface area contributed by atoms with Crippen molar-refractivity contribution in [3.8, 4) is 11.5 Å². The number of rotatable bonds is 8. The number of furan rings is 1. The van der Waals surface area contributed by atoms with Crippen molar-refractivity contribution in [2.45, 2.75) is 12.6 Å². The maximum atomic E-state index is 13.8. The predicted octanol–water partition coefficient (Wildman–Crippen LogP) is 6.86. The lowest BCUT2D eigenvalue weighted by Crippen LogP contribution is -2.30. The number of Topliss-reactive ketones (excluding diaryl/α,β-unsaturated/α-hetero) is 1. The Morgan fingerprint density at radius 2 is 1.79 bits per heavy atom. The van der Waals surface area contributed by atoms with Crippen molar-refractivity contribution in [3.63, 3.8) is 0 Å². The zero-order valence-electron chi connectivity index (χ0n) is 20.9. The number of ether oxygens (including phenoxy) is 2. The van der Waals surface area contributed by atoms with Gasteiger partial charge in [0.1, 0.15) is 18.4 Å². The van der Waals surface area contributed by atoms with Gasteiger partial charge in [-0.3, -0.25) is 14.5 Å². The number of carbonyl (C=O) groups is 2. The number of anilines is 1. The number of hydrogen-bond acceptors (Lipinski definition) is 7. The number of hydrogen-bond donors (Lipinski definition) is 1. The summed E-state index contributed by atoms with van der Waals surface area (Å²) in [6, 6.07) is 26.6. The molecule has 3 heterocycles. The van der Waals surface area contributed by atoms with Crippen LogP contribution in [0.1, 0.15) is 27.0 Å². The first kappa shape index (κ1) is 24.5. The fraction of sp³-hybridized carbons (Fsp3) is 0.0968. The zero-order chi connectivity index (χ0) is 26.9. The molecule has 1 N–H and O–H groups in total. The Labute approximate surface area is 228 Å². The van der Waals surface area contributed by atoms with Gasteiger partial charge in [-0.25, -0.2) is 0 Å². The molecule has 0 radical (unpaired) electrons. The van der Waals surface area contributed by atoms with Crippen LogP contribution in [0.15, 0.2) is 112 Å². The molecular formula is C31H23NO6S. The van der Waals surface area contributed by atoms with E-state index in [0.29, 0.717) is 34.8 Å². The van der Waals surface area contributed by atoms with Gasteiger partial charge < -0.3 is 19.0 Å². The van der Waals surface area contributed by atoms with E-state index in [-0.39, 0.29) is 11.3 Å². The number of aliphatic hydroxyl groups is 1. The highest BCUT2D eigenvalue weighted by molar-refractivity contribution is 7.10. The lowest BCUT2D eigenvalue weighted by Gasteiger charge is -2.25. The molecular weight excluding hydrogens is 514 g/mol. The van der Waals surface area contributed by atoms with Crippen LogP contribution in [0, 0.1) is 0 Å². The number of amides is 1. The van der Waals surface area contributed by atoms with E-state index in [4.69, 9.17) is 13.9 Å². The van der Waals surface area contributed by atoms with E-state index in [1.807, 2.05) is 47.8 Å². The van der Waals surface area contributed by atoms with E-state index >= 15 is 0 Å². The quantitative estimate of drug-likeness (QED) is 0.217. The number of para-hydroxylation sites is 1. The van der Waals surface area contributed by atoms with Gasteiger partial charge in [0.15, 0.2) is 22.9 Å². The van der Waals surface area contributed by atoms with Crippen LogP contribution in [-0.4, -0.2) is 23.9 Å². The summed E-state index contributed by atoms with van der Waals surface area (Å²) in [4.78, 5) is 29.4. The van der Waals surface area contributed by atoms with Crippen molar-refractivity contribution in [1.29, 1.82) is 0 Å². The van der Waals surface area contributed by atoms with E-state index in [2.05, 4.69) is 0 Å². The zero-order valence-corrected chi connectivity index (χ0v) is 21.7. The number of ketones is 1. The van der Waals surface area contributed by atoms with E-state index in [1.54, 1.807) is 48.5 Å². The standard InChI is InChI=1S/C31H23NO6S/c1-36-23-10-5-9-20-17-24(38-30(20)23)28(33)26-27(25-11-6-16-39-25)32(31(35)29(26)34)21-12-14-22(15-13-21)37-18-19-7-3-2-4-8-19/h2-17,27,34H,18H2,1H3. The van der Waals surface area contributed by atoms with E-state index in [9.17, 15) is 14.7 Å². The molecule has 1 aliphatic rings. The Morgan fingerprint density at radius 3 is 2.51 bits per heavy atom. The van der Waals surface area contributed by atoms with Gasteiger partial charge in [0.25, 0.3) is 5.91 Å². The lowest BCUT2D eigenvalue weighted by atomic mass is 10.00. The largest absolute Gasteiger partial charge is 0.503 e. The first-order valence-electron chi connectivity index (χ1n) is 12.2. The molecule has 0 aliphatic carbocycles. The fourth-order valence-corrected chi connectivity index (χ4v) is 5.53. The van der Waals surface area contributed by atoms with Gasteiger partial charge >= 0.3 is 0 Å². The smallest absolute Gasteiger partial charge is 0.294 e. The summed E-state index contributed by atoms with van der Waals surface area (Å²) < 4.78 is 17.1. The van der Waals surface area contributed by atoms with Crippen LogP contribution in [0.3, 0.4) is 0 Å². The van der Waals surface area contributed by atoms with Gasteiger partial charge in [-0.05, 0) is 53.4 Å². The molecule has 194 valence electrons. The Morgan fingerprint density at radius 1 is 1.00 bits per heavy atom. The molecule has 2 aromatic heterocycles. The average Bonchev–Trinajstić information content (AvgIpc) is 3.71. The maximum absolute atomic E-state index is 13.8. The second-order valence-corrected chi connectivity index (χ2v) is 9.92. The van der Waals surface area contributed by atoms with E-state index in [1.165, 1.54) is 23.3 Å². The van der Waals surface area contributed by atoms with E-state index in [0.717, 1.165) is 10.4 Å². The van der Waals surface area contributed by atoms with Gasteiger partial charge in [0.05, 0.1) is 12.7 Å². The van der Waals surface area contributed by atoms with Crippen molar-refractivity contribution in [1.82, 2.24) is 0 Å². The van der Waals surface area contributed by atoms with Crippen molar-refractivity contribution < 1.29 is 28.6 Å². The second-order valence-electron chi connectivity index (χ2n) is 8.94. The van der Waals surface area contributed by atoms with Crippen molar-refractivity contribution in [2.75, 3.05) is 12.0 Å². The van der Waals surface area contributed by atoms with Crippen LogP contribution >= 0.6 is 11.3 Å². The molecule has 7 nitrogen and oxygen atoms in total. The fourth-order valence-electron chi connectivity index (χ4n) is 4.71. The molecule has 8 heteroatoms. The molecule has 0 saturated carbocycles. The normalized spacial score (nSPS) is 15.3. The number of aliphatic hydroxyl groups excluding tert-OH is 1. The third kappa shape index (κ3) is 4.45. The Balaban J connectivity index is 1.33. The first-order chi connectivity index (χ1) is 19.0. The van der Waals surface area contributed by atoms with Gasteiger partial charge in [0, 0.05) is 16.0 Å². The molecule has 6 rings (SSSR count). The third-order valence-corrected chi connectivity index (χ3v) is 7.51. The second kappa shape index (κ2) is 10.2. The van der Waals surface area contributed by atoms with Gasteiger partial charge in [-0.2, -0.15) is 0 Å². The highest BCUT2D eigenvalue weighted by Gasteiger charge is 2.46. The highest BCUT2D eigenvalue weighted by Crippen LogP contribution is 2.44. The van der Waals surface area contributed by atoms with Gasteiger partial charge in [0.2, 0.25) is 5.78 Å². The topological polar surface area (TPSA) is 89.2 Å². The SMILES string of the molecule is COc1cccc2cc(C(=O)C3=C(O)C(=O)N(c4ccc(OCc5ccccc5)cc4)C3c3cccs3)oc12. The summed E-state index contributed by atoms with van der Waals surface area (Å²) in [5.74, 6) is -0.705. The molecule has 3 aromatic carbocycles. The number of methoxy groups -OCH3 is 1. The summed E-state index contributed by atoms with van der Waals surface area (Å²) in [6.07, 6.45) is 0. The predicted molar refractivity (Wildman–Crippen MR) is 149 cm³/mol. The van der Waals surface area contributed by atoms with Crippen LogP contribution < -0.4 is 14.4 Å². The molecule has 1 amide bonds. The number of carbonyl (C=O) groups excluding carboxylic acids is 2. The van der Waals surface area contributed by atoms with Gasteiger partial charge in [-0.15, -0.1) is 11.3 Å². The summed E-state index contributed by atoms with van der Waals surface area (Å²) in [5, 5.41) is 13.6. The molecule has 0 bridgehead atoms. The Hall–Kier alpha value is -4.82. The minimum atomic E-state index is -0.823. The summed E-state index contributed by atoms with van der Waals surface area (Å²) in [5.41, 5.74) is 1.94. The summed E-state index contributed by atoms with van der Waals surface area (Å²) in [7, 11) is 1.52. The van der Waals surface area contributed by atoms with Crippen molar-refractivity contribution in [3.05, 3.63) is 124 Å². The van der Waals surface area contributed by atoms with Crippen LogP contribution in [0.25, 0.3) is 11.0 Å². The Bertz CT molecular complexity index is 1690. The molecule has 5 aromatic rings. The van der Waals surface area contributed by atoms with Gasteiger partial charge in [-0.1, -0.05) is 48.5 Å². The molecule has 1 unspecified atom stereocenters. The van der Waals surface area contributed by atoms with Crippen LogP contribution in [0.5, 0.6) is 11.5 Å². The third-order valence-electron chi connectivity index (χ3n) is 6.58. The van der Waals surface area contributed by atoms with Crippen LogP contribution in [0.2, 0.25) is 0 Å². The summed E-state index contributed by atoms with van der Waals surface area (Å²) in [6.45, 7) is 0.407.